The first-order chi connectivity index (χ1) is 11.6. The first-order valence-corrected chi connectivity index (χ1v) is 7.47. The van der Waals surface area contributed by atoms with E-state index in [0.29, 0.717) is 12.2 Å². The van der Waals surface area contributed by atoms with Crippen LogP contribution in [0.2, 0.25) is 5.15 Å². The zero-order chi connectivity index (χ0) is 17.5. The van der Waals surface area contributed by atoms with E-state index in [1.807, 2.05) is 6.07 Å². The highest BCUT2D eigenvalue weighted by Gasteiger charge is 2.22. The van der Waals surface area contributed by atoms with Crippen LogP contribution in [0.5, 0.6) is 0 Å². The van der Waals surface area contributed by atoms with Gasteiger partial charge >= 0.3 is 0 Å². The van der Waals surface area contributed by atoms with Gasteiger partial charge in [0.15, 0.2) is 5.15 Å². The SMILES string of the molecule is CCN(C(=O)/C(C)=N/OCC#N)c1cn(-c2cccnc2)nc1Cl. The number of anilines is 1. The zero-order valence-corrected chi connectivity index (χ0v) is 13.9. The molecule has 0 aromatic carbocycles. The fourth-order valence-corrected chi connectivity index (χ4v) is 2.19. The van der Waals surface area contributed by atoms with E-state index in [4.69, 9.17) is 21.7 Å². The number of aromatic nitrogens is 3. The van der Waals surface area contributed by atoms with E-state index in [2.05, 4.69) is 15.2 Å². The van der Waals surface area contributed by atoms with Crippen LogP contribution < -0.4 is 4.90 Å². The van der Waals surface area contributed by atoms with E-state index in [1.54, 1.807) is 42.3 Å². The molecule has 0 fully saturated rings. The molecule has 1 amide bonds. The van der Waals surface area contributed by atoms with Crippen LogP contribution in [0.3, 0.4) is 0 Å². The molecule has 9 heteroatoms. The first-order valence-electron chi connectivity index (χ1n) is 7.09. The van der Waals surface area contributed by atoms with E-state index < -0.39 is 0 Å². The fraction of sp³-hybridized carbons (Fsp3) is 0.267. The van der Waals surface area contributed by atoms with Crippen molar-refractivity contribution in [2.45, 2.75) is 13.8 Å². The Hall–Kier alpha value is -2.92. The van der Waals surface area contributed by atoms with Crippen molar-refractivity contribution in [3.05, 3.63) is 35.9 Å². The average Bonchev–Trinajstić information content (AvgIpc) is 2.98. The lowest BCUT2D eigenvalue weighted by molar-refractivity contribution is -0.112. The maximum atomic E-state index is 12.5. The van der Waals surface area contributed by atoms with Gasteiger partial charge in [-0.15, -0.1) is 0 Å². The zero-order valence-electron chi connectivity index (χ0n) is 13.2. The molecule has 0 aliphatic carbocycles. The number of nitriles is 1. The fourth-order valence-electron chi connectivity index (χ4n) is 1.96. The Morgan fingerprint density at radius 2 is 2.38 bits per heavy atom. The molecule has 0 atom stereocenters. The van der Waals surface area contributed by atoms with Crippen LogP contribution in [-0.4, -0.2) is 39.5 Å². The first kappa shape index (κ1) is 17.4. The number of hydrogen-bond donors (Lipinski definition) is 0. The topological polar surface area (TPSA) is 96.4 Å². The Bertz CT molecular complexity index is 781. The molecule has 0 saturated carbocycles. The van der Waals surface area contributed by atoms with Gasteiger partial charge in [0, 0.05) is 12.7 Å². The average molecular weight is 347 g/mol. The van der Waals surface area contributed by atoms with Gasteiger partial charge in [-0.3, -0.25) is 9.78 Å². The van der Waals surface area contributed by atoms with Gasteiger partial charge in [0.2, 0.25) is 6.61 Å². The quantitative estimate of drug-likeness (QED) is 0.453. The second-order valence-corrected chi connectivity index (χ2v) is 4.98. The normalized spacial score (nSPS) is 11.0. The number of pyridine rings is 1. The van der Waals surface area contributed by atoms with Crippen LogP contribution in [0.15, 0.2) is 35.9 Å². The van der Waals surface area contributed by atoms with Gasteiger partial charge in [0.25, 0.3) is 5.91 Å². The Morgan fingerprint density at radius 3 is 3.00 bits per heavy atom. The van der Waals surface area contributed by atoms with Crippen molar-refractivity contribution in [1.29, 1.82) is 5.26 Å². The molecule has 24 heavy (non-hydrogen) atoms. The van der Waals surface area contributed by atoms with Crippen LogP contribution >= 0.6 is 11.6 Å². The van der Waals surface area contributed by atoms with E-state index in [1.165, 1.54) is 11.8 Å². The standard InChI is InChI=1S/C15H15ClN6O2/c1-3-21(15(23)11(2)20-24-8-6-17)13-10-22(19-14(13)16)12-5-4-7-18-9-12/h4-5,7,9-10H,3,8H2,1-2H3/b20-11+. The predicted molar refractivity (Wildman–Crippen MR) is 89.1 cm³/mol. The van der Waals surface area contributed by atoms with Crippen molar-refractivity contribution in [2.75, 3.05) is 18.1 Å². The summed E-state index contributed by atoms with van der Waals surface area (Å²) in [6.45, 7) is 3.44. The van der Waals surface area contributed by atoms with E-state index in [-0.39, 0.29) is 23.4 Å². The second-order valence-electron chi connectivity index (χ2n) is 4.62. The van der Waals surface area contributed by atoms with Gasteiger partial charge in [0.1, 0.15) is 17.5 Å². The van der Waals surface area contributed by atoms with Crippen molar-refractivity contribution in [1.82, 2.24) is 14.8 Å². The molecule has 2 aromatic rings. The Morgan fingerprint density at radius 1 is 1.58 bits per heavy atom. The summed E-state index contributed by atoms with van der Waals surface area (Å²) in [5, 5.41) is 16.4. The maximum absolute atomic E-state index is 12.5. The molecule has 0 unspecified atom stereocenters. The number of oxime groups is 1. The summed E-state index contributed by atoms with van der Waals surface area (Å²) < 4.78 is 1.54. The van der Waals surface area contributed by atoms with E-state index >= 15 is 0 Å². The lowest BCUT2D eigenvalue weighted by Crippen LogP contribution is -2.35. The molecule has 8 nitrogen and oxygen atoms in total. The van der Waals surface area contributed by atoms with Crippen LogP contribution in [0.4, 0.5) is 5.69 Å². The summed E-state index contributed by atoms with van der Waals surface area (Å²) >= 11 is 6.18. The van der Waals surface area contributed by atoms with Crippen molar-refractivity contribution in [2.24, 2.45) is 5.16 Å². The van der Waals surface area contributed by atoms with Crippen molar-refractivity contribution >= 4 is 28.9 Å². The number of hydrogen-bond acceptors (Lipinski definition) is 6. The monoisotopic (exact) mass is 346 g/mol. The summed E-state index contributed by atoms with van der Waals surface area (Å²) in [5.74, 6) is -0.386. The van der Waals surface area contributed by atoms with Crippen LogP contribution in [0.25, 0.3) is 5.69 Å². The number of amides is 1. The van der Waals surface area contributed by atoms with E-state index in [0.717, 1.165) is 5.69 Å². The minimum absolute atomic E-state index is 0.109. The molecule has 2 aromatic heterocycles. The maximum Gasteiger partial charge on any atom is 0.275 e. The lowest BCUT2D eigenvalue weighted by Gasteiger charge is -2.18. The summed E-state index contributed by atoms with van der Waals surface area (Å²) in [6.07, 6.45) is 4.93. The summed E-state index contributed by atoms with van der Waals surface area (Å²) in [6, 6.07) is 5.37. The van der Waals surface area contributed by atoms with Crippen LogP contribution in [0.1, 0.15) is 13.8 Å². The smallest absolute Gasteiger partial charge is 0.275 e. The highest BCUT2D eigenvalue weighted by molar-refractivity contribution is 6.43. The Kier molecular flexibility index (Phi) is 5.87. The summed E-state index contributed by atoms with van der Waals surface area (Å²) in [7, 11) is 0. The Balaban J connectivity index is 2.28. The molecule has 0 spiro atoms. The third-order valence-corrected chi connectivity index (χ3v) is 3.32. The molecule has 2 rings (SSSR count). The van der Waals surface area contributed by atoms with Gasteiger partial charge in [-0.1, -0.05) is 16.8 Å². The molecule has 0 bridgehead atoms. The molecule has 0 saturated heterocycles. The third kappa shape index (κ3) is 3.88. The van der Waals surface area contributed by atoms with Crippen molar-refractivity contribution < 1.29 is 9.63 Å². The molecule has 0 aliphatic heterocycles. The number of carbonyl (C=O) groups excluding carboxylic acids is 1. The second kappa shape index (κ2) is 8.08. The molecule has 0 aliphatic rings. The number of rotatable bonds is 6. The highest BCUT2D eigenvalue weighted by Crippen LogP contribution is 2.26. The minimum Gasteiger partial charge on any atom is -0.380 e. The molecule has 124 valence electrons. The van der Waals surface area contributed by atoms with Crippen molar-refractivity contribution in [3.8, 4) is 11.8 Å². The highest BCUT2D eigenvalue weighted by atomic mass is 35.5. The molecular formula is C15H15ClN6O2. The third-order valence-electron chi connectivity index (χ3n) is 3.05. The molecular weight excluding hydrogens is 332 g/mol. The van der Waals surface area contributed by atoms with Gasteiger partial charge in [-0.05, 0) is 26.0 Å². The van der Waals surface area contributed by atoms with Gasteiger partial charge < -0.3 is 9.74 Å². The van der Waals surface area contributed by atoms with Gasteiger partial charge in [0.05, 0.1) is 18.1 Å². The number of carbonyl (C=O) groups is 1. The molecule has 2 heterocycles. The molecule has 0 N–H and O–H groups in total. The van der Waals surface area contributed by atoms with Crippen molar-refractivity contribution in [3.63, 3.8) is 0 Å². The number of nitrogens with zero attached hydrogens (tertiary/aromatic N) is 6. The van der Waals surface area contributed by atoms with Gasteiger partial charge in [-0.25, -0.2) is 4.68 Å². The van der Waals surface area contributed by atoms with Crippen LogP contribution in [0, 0.1) is 11.3 Å². The van der Waals surface area contributed by atoms with Gasteiger partial charge in [-0.2, -0.15) is 10.4 Å². The van der Waals surface area contributed by atoms with Crippen LogP contribution in [-0.2, 0) is 9.63 Å². The summed E-state index contributed by atoms with van der Waals surface area (Å²) in [5.41, 5.74) is 1.28. The summed E-state index contributed by atoms with van der Waals surface area (Å²) in [4.78, 5) is 22.7. The van der Waals surface area contributed by atoms with E-state index in [9.17, 15) is 4.79 Å². The lowest BCUT2D eigenvalue weighted by atomic mass is 10.3. The number of halogens is 1. The predicted octanol–water partition coefficient (Wildman–Crippen LogP) is 2.19. The largest absolute Gasteiger partial charge is 0.380 e. The molecule has 0 radical (unpaired) electrons. The Labute approximate surface area is 143 Å². The minimum atomic E-state index is -0.386.